The highest BCUT2D eigenvalue weighted by atomic mass is 19.3. The van der Waals surface area contributed by atoms with Crippen molar-refractivity contribution in [2.45, 2.75) is 38.4 Å². The van der Waals surface area contributed by atoms with Gasteiger partial charge in [-0.3, -0.25) is 9.59 Å². The molecule has 0 fully saturated rings. The minimum atomic E-state index is -3.85. The van der Waals surface area contributed by atoms with Crippen LogP contribution in [0.5, 0.6) is 11.5 Å². The Kier molecular flexibility index (Phi) is 4.40. The highest BCUT2D eigenvalue weighted by molar-refractivity contribution is 5.98. The molecule has 36 heavy (non-hydrogen) atoms. The molecule has 0 amide bonds. The van der Waals surface area contributed by atoms with Crippen molar-refractivity contribution < 1.29 is 37.3 Å². The fourth-order valence-corrected chi connectivity index (χ4v) is 4.95. The number of esters is 2. The lowest BCUT2D eigenvalue weighted by Crippen LogP contribution is -2.48. The summed E-state index contributed by atoms with van der Waals surface area (Å²) in [6.07, 6.45) is -3.85. The number of cyclic esters (lactones) is 1. The summed E-state index contributed by atoms with van der Waals surface area (Å²) in [5.74, 6) is -2.20. The predicted octanol–water partition coefficient (Wildman–Crippen LogP) is 1.49. The van der Waals surface area contributed by atoms with Crippen LogP contribution in [0.25, 0.3) is 22.3 Å². The number of rotatable bonds is 3. The van der Waals surface area contributed by atoms with Crippen LogP contribution in [0.2, 0.25) is 0 Å². The summed E-state index contributed by atoms with van der Waals surface area (Å²) in [6.45, 7) is 0.968. The average Bonchev–Trinajstić information content (AvgIpc) is 3.36. The fourth-order valence-electron chi connectivity index (χ4n) is 4.95. The van der Waals surface area contributed by atoms with Gasteiger partial charge in [0, 0.05) is 22.6 Å². The van der Waals surface area contributed by atoms with Gasteiger partial charge in [0.05, 0.1) is 41.2 Å². The molecule has 0 saturated heterocycles. The van der Waals surface area contributed by atoms with Crippen molar-refractivity contribution in [1.29, 1.82) is 0 Å². The van der Waals surface area contributed by atoms with Gasteiger partial charge in [-0.25, -0.2) is 9.78 Å². The Hall–Kier alpha value is -4.26. The van der Waals surface area contributed by atoms with Gasteiger partial charge in [-0.05, 0) is 18.6 Å². The van der Waals surface area contributed by atoms with Gasteiger partial charge in [0.2, 0.25) is 5.60 Å². The summed E-state index contributed by atoms with van der Waals surface area (Å²) in [4.78, 5) is 43.0. The zero-order valence-corrected chi connectivity index (χ0v) is 18.7. The summed E-state index contributed by atoms with van der Waals surface area (Å²) in [5, 5.41) is 0.345. The molecule has 3 aliphatic rings. The largest absolute Gasteiger partial charge is 0.586 e. The molecule has 5 heterocycles. The van der Waals surface area contributed by atoms with Crippen LogP contribution in [0.3, 0.4) is 0 Å². The van der Waals surface area contributed by atoms with Crippen LogP contribution >= 0.6 is 0 Å². The predicted molar refractivity (Wildman–Crippen MR) is 118 cm³/mol. The molecule has 1 atom stereocenters. The van der Waals surface area contributed by atoms with Crippen molar-refractivity contribution in [3.63, 3.8) is 0 Å². The molecule has 3 aliphatic heterocycles. The number of alkyl halides is 2. The summed E-state index contributed by atoms with van der Waals surface area (Å²) in [5.41, 5.74) is 11.0. The molecule has 3 aromatic rings. The lowest BCUT2D eigenvalue weighted by molar-refractivity contribution is -0.286. The second-order valence-corrected chi connectivity index (χ2v) is 8.60. The highest BCUT2D eigenvalue weighted by Gasteiger charge is 2.50. The number of nitrogen functional groups attached to an aromatic ring is 1. The summed E-state index contributed by atoms with van der Waals surface area (Å²) >= 11 is 0. The molecule has 0 radical (unpaired) electrons. The quantitative estimate of drug-likeness (QED) is 0.312. The number of nitrogens with zero attached hydrogens (tertiary/aromatic N) is 2. The van der Waals surface area contributed by atoms with Gasteiger partial charge in [-0.1, -0.05) is 6.92 Å². The molecule has 0 saturated carbocycles. The van der Waals surface area contributed by atoms with Crippen LogP contribution < -0.4 is 26.5 Å². The van der Waals surface area contributed by atoms with E-state index < -0.39 is 35.9 Å². The number of hydrogen-bond donors (Lipinski definition) is 2. The first kappa shape index (κ1) is 22.2. The standard InChI is InChI=1S/C23H18F2N4O7/c1-2-22(35-16(30)6-26)12-4-14-18-9(7-29(14)20(31)11(12)8-33-21(22)32)3-10-13(28-18)5-15-19(17(10)27)36-23(24,25)34-15/h3-5H,2,6-8,26-27H2,1H3. The minimum absolute atomic E-state index is 0.000304. The number of aromatic nitrogens is 2. The second kappa shape index (κ2) is 7.13. The maximum Gasteiger partial charge on any atom is 0.586 e. The third-order valence-corrected chi connectivity index (χ3v) is 6.64. The Labute approximate surface area is 200 Å². The fraction of sp³-hybridized carbons (Fsp3) is 0.304. The van der Waals surface area contributed by atoms with Gasteiger partial charge in [0.1, 0.15) is 6.61 Å². The molecule has 13 heteroatoms. The number of nitrogens with two attached hydrogens (primary N) is 2. The third kappa shape index (κ3) is 2.86. The van der Waals surface area contributed by atoms with Crippen LogP contribution in [-0.4, -0.2) is 34.3 Å². The molecular formula is C23H18F2N4O7. The van der Waals surface area contributed by atoms with Gasteiger partial charge in [0.25, 0.3) is 5.56 Å². The van der Waals surface area contributed by atoms with Gasteiger partial charge in [0.15, 0.2) is 11.5 Å². The SMILES string of the molecule is CCC1(OC(=O)CN)C(=O)OCc2c1cc1n(c2=O)Cc2cc3c(N)c4c(cc3nc2-1)OC(F)(F)O4. The lowest BCUT2D eigenvalue weighted by atomic mass is 9.85. The van der Waals surface area contributed by atoms with Gasteiger partial charge in [-0.2, -0.15) is 0 Å². The van der Waals surface area contributed by atoms with E-state index >= 15 is 0 Å². The topological polar surface area (TPSA) is 158 Å². The second-order valence-electron chi connectivity index (χ2n) is 8.60. The number of halogens is 2. The molecule has 2 aromatic heterocycles. The first-order valence-corrected chi connectivity index (χ1v) is 11.0. The maximum atomic E-state index is 13.6. The smallest absolute Gasteiger partial charge is 0.457 e. The number of carbonyl (C=O) groups excluding carboxylic acids is 2. The maximum absolute atomic E-state index is 13.6. The van der Waals surface area contributed by atoms with E-state index in [2.05, 4.69) is 14.5 Å². The van der Waals surface area contributed by atoms with Crippen molar-refractivity contribution in [1.82, 2.24) is 9.55 Å². The molecule has 4 N–H and O–H groups in total. The number of anilines is 1. The van der Waals surface area contributed by atoms with E-state index in [0.717, 1.165) is 0 Å². The molecule has 6 rings (SSSR count). The van der Waals surface area contributed by atoms with Gasteiger partial charge < -0.3 is 35.0 Å². The van der Waals surface area contributed by atoms with Crippen LogP contribution in [0, 0.1) is 0 Å². The first-order chi connectivity index (χ1) is 17.1. The lowest BCUT2D eigenvalue weighted by Gasteiger charge is -2.35. The number of hydrogen-bond acceptors (Lipinski definition) is 10. The van der Waals surface area contributed by atoms with Crippen LogP contribution in [-0.2, 0) is 37.8 Å². The van der Waals surface area contributed by atoms with Crippen molar-refractivity contribution in [3.05, 3.63) is 45.2 Å². The van der Waals surface area contributed by atoms with E-state index in [-0.39, 0.29) is 53.4 Å². The molecule has 11 nitrogen and oxygen atoms in total. The number of benzene rings is 1. The molecular weight excluding hydrogens is 482 g/mol. The van der Waals surface area contributed by atoms with E-state index in [4.69, 9.17) is 20.9 Å². The Bertz CT molecular complexity index is 1590. The molecule has 1 unspecified atom stereocenters. The Balaban J connectivity index is 1.56. The van der Waals surface area contributed by atoms with E-state index in [1.807, 2.05) is 0 Å². The van der Waals surface area contributed by atoms with Crippen LogP contribution in [0.4, 0.5) is 14.5 Å². The van der Waals surface area contributed by atoms with E-state index in [1.54, 1.807) is 19.1 Å². The zero-order valence-electron chi connectivity index (χ0n) is 18.7. The average molecular weight is 500 g/mol. The number of fused-ring (bicyclic) bond motifs is 6. The summed E-state index contributed by atoms with van der Waals surface area (Å²) < 4.78 is 48.4. The van der Waals surface area contributed by atoms with Gasteiger partial charge >= 0.3 is 18.2 Å². The van der Waals surface area contributed by atoms with Crippen molar-refractivity contribution >= 4 is 28.5 Å². The van der Waals surface area contributed by atoms with Crippen molar-refractivity contribution in [2.24, 2.45) is 5.73 Å². The molecule has 1 aromatic carbocycles. The van der Waals surface area contributed by atoms with Crippen molar-refractivity contribution in [3.8, 4) is 22.9 Å². The van der Waals surface area contributed by atoms with Crippen LogP contribution in [0.15, 0.2) is 23.0 Å². The monoisotopic (exact) mass is 500 g/mol. The normalized spacial score (nSPS) is 20.5. The Morgan fingerprint density at radius 2 is 2.03 bits per heavy atom. The van der Waals surface area contributed by atoms with E-state index in [0.29, 0.717) is 22.3 Å². The zero-order chi connectivity index (χ0) is 25.6. The molecule has 0 aliphatic carbocycles. The van der Waals surface area contributed by atoms with E-state index in [9.17, 15) is 23.2 Å². The van der Waals surface area contributed by atoms with Crippen LogP contribution in [0.1, 0.15) is 30.0 Å². The molecule has 0 spiro atoms. The van der Waals surface area contributed by atoms with Crippen molar-refractivity contribution in [2.75, 3.05) is 12.3 Å². The third-order valence-electron chi connectivity index (χ3n) is 6.64. The number of carbonyl (C=O) groups is 2. The summed E-state index contributed by atoms with van der Waals surface area (Å²) in [6, 6.07) is 4.49. The van der Waals surface area contributed by atoms with E-state index in [1.165, 1.54) is 10.6 Å². The Morgan fingerprint density at radius 1 is 1.25 bits per heavy atom. The molecule has 186 valence electrons. The summed E-state index contributed by atoms with van der Waals surface area (Å²) in [7, 11) is 0. The molecule has 0 bridgehead atoms. The number of ether oxygens (including phenoxy) is 4. The highest BCUT2D eigenvalue weighted by Crippen LogP contribution is 2.49. The Morgan fingerprint density at radius 3 is 2.75 bits per heavy atom. The van der Waals surface area contributed by atoms with Gasteiger partial charge in [-0.15, -0.1) is 8.78 Å². The number of pyridine rings is 2. The minimum Gasteiger partial charge on any atom is -0.457 e. The first-order valence-electron chi connectivity index (χ1n) is 11.0.